The van der Waals surface area contributed by atoms with Crippen molar-refractivity contribution in [2.75, 3.05) is 26.2 Å². The van der Waals surface area contributed by atoms with E-state index in [1.165, 1.54) is 12.1 Å². The molecule has 0 radical (unpaired) electrons. The van der Waals surface area contributed by atoms with Crippen molar-refractivity contribution in [3.8, 4) is 0 Å². The van der Waals surface area contributed by atoms with E-state index in [1.54, 1.807) is 28.0 Å². The quantitative estimate of drug-likeness (QED) is 0.845. The molecular formula is C19H22FN3O3. The first-order chi connectivity index (χ1) is 12.5. The third-order valence-corrected chi connectivity index (χ3v) is 4.51. The van der Waals surface area contributed by atoms with E-state index in [4.69, 9.17) is 4.52 Å². The summed E-state index contributed by atoms with van der Waals surface area (Å²) in [5, 5.41) is 3.92. The van der Waals surface area contributed by atoms with Gasteiger partial charge in [-0.15, -0.1) is 0 Å². The van der Waals surface area contributed by atoms with Gasteiger partial charge in [-0.3, -0.25) is 9.59 Å². The summed E-state index contributed by atoms with van der Waals surface area (Å²) in [5.41, 5.74) is 0.795. The topological polar surface area (TPSA) is 66.7 Å². The van der Waals surface area contributed by atoms with Gasteiger partial charge in [-0.25, -0.2) is 4.39 Å². The smallest absolute Gasteiger partial charge is 0.292 e. The first-order valence-electron chi connectivity index (χ1n) is 8.77. The van der Waals surface area contributed by atoms with Crippen molar-refractivity contribution in [2.24, 2.45) is 0 Å². The molecule has 1 aliphatic heterocycles. The lowest BCUT2D eigenvalue weighted by Gasteiger charge is -2.21. The molecule has 0 N–H and O–H groups in total. The van der Waals surface area contributed by atoms with Gasteiger partial charge in [0.25, 0.3) is 11.8 Å². The standard InChI is InChI=1S/C19H22FN3O3/c1-13(2)16-12-17(26-21-16)19(25)23-9-5-8-22(10-11-23)18(24)14-6-3-4-7-15(14)20/h3-4,6-7,12-13H,5,8-11H2,1-2H3. The fourth-order valence-corrected chi connectivity index (χ4v) is 2.95. The summed E-state index contributed by atoms with van der Waals surface area (Å²) in [5.74, 6) is -0.720. The number of carbonyl (C=O) groups excluding carboxylic acids is 2. The molecule has 1 aromatic carbocycles. The summed E-state index contributed by atoms with van der Waals surface area (Å²) in [6.07, 6.45) is 0.622. The zero-order chi connectivity index (χ0) is 18.7. The Morgan fingerprint density at radius 2 is 1.73 bits per heavy atom. The average Bonchev–Trinajstić information content (AvgIpc) is 3.00. The SMILES string of the molecule is CC(C)c1cc(C(=O)N2CCCN(C(=O)c3ccccc3F)CC2)on1. The molecule has 0 saturated carbocycles. The van der Waals surface area contributed by atoms with Crippen molar-refractivity contribution in [3.63, 3.8) is 0 Å². The summed E-state index contributed by atoms with van der Waals surface area (Å²) in [7, 11) is 0. The maximum atomic E-state index is 13.9. The van der Waals surface area contributed by atoms with E-state index in [0.29, 0.717) is 32.6 Å². The largest absolute Gasteiger partial charge is 0.351 e. The zero-order valence-electron chi connectivity index (χ0n) is 14.9. The van der Waals surface area contributed by atoms with Crippen molar-refractivity contribution in [2.45, 2.75) is 26.2 Å². The van der Waals surface area contributed by atoms with Crippen LogP contribution >= 0.6 is 0 Å². The first kappa shape index (κ1) is 18.1. The number of hydrogen-bond acceptors (Lipinski definition) is 4. The minimum Gasteiger partial charge on any atom is -0.351 e. The fourth-order valence-electron chi connectivity index (χ4n) is 2.95. The van der Waals surface area contributed by atoms with Gasteiger partial charge >= 0.3 is 0 Å². The first-order valence-corrected chi connectivity index (χ1v) is 8.77. The molecule has 2 amide bonds. The van der Waals surface area contributed by atoms with Crippen LogP contribution < -0.4 is 0 Å². The predicted octanol–water partition coefficient (Wildman–Crippen LogP) is 2.93. The lowest BCUT2D eigenvalue weighted by molar-refractivity contribution is 0.0691. The van der Waals surface area contributed by atoms with Gasteiger partial charge in [0.05, 0.1) is 11.3 Å². The molecule has 0 bridgehead atoms. The van der Waals surface area contributed by atoms with Gasteiger partial charge in [-0.2, -0.15) is 0 Å². The highest BCUT2D eigenvalue weighted by atomic mass is 19.1. The summed E-state index contributed by atoms with van der Waals surface area (Å²) < 4.78 is 19.0. The monoisotopic (exact) mass is 359 g/mol. The number of rotatable bonds is 3. The Morgan fingerprint density at radius 3 is 2.35 bits per heavy atom. The van der Waals surface area contributed by atoms with Crippen LogP contribution in [0.4, 0.5) is 4.39 Å². The number of benzene rings is 1. The molecule has 1 aromatic heterocycles. The minimum atomic E-state index is -0.530. The van der Waals surface area contributed by atoms with E-state index in [-0.39, 0.29) is 29.1 Å². The maximum Gasteiger partial charge on any atom is 0.292 e. The van der Waals surface area contributed by atoms with Crippen LogP contribution in [-0.4, -0.2) is 52.9 Å². The highest BCUT2D eigenvalue weighted by Gasteiger charge is 2.26. The van der Waals surface area contributed by atoms with Crippen LogP contribution in [0, 0.1) is 5.82 Å². The second-order valence-electron chi connectivity index (χ2n) is 6.69. The Morgan fingerprint density at radius 1 is 1.08 bits per heavy atom. The molecule has 2 aromatic rings. The Balaban J connectivity index is 1.67. The van der Waals surface area contributed by atoms with E-state index >= 15 is 0 Å². The third kappa shape index (κ3) is 3.76. The van der Waals surface area contributed by atoms with E-state index in [2.05, 4.69) is 5.16 Å². The number of carbonyl (C=O) groups is 2. The molecule has 2 heterocycles. The van der Waals surface area contributed by atoms with Gasteiger partial charge in [-0.05, 0) is 24.5 Å². The van der Waals surface area contributed by atoms with Gasteiger partial charge in [0, 0.05) is 32.2 Å². The highest BCUT2D eigenvalue weighted by Crippen LogP contribution is 2.17. The van der Waals surface area contributed by atoms with Gasteiger partial charge in [0.15, 0.2) is 0 Å². The average molecular weight is 359 g/mol. The fraction of sp³-hybridized carbons (Fsp3) is 0.421. The van der Waals surface area contributed by atoms with Crippen LogP contribution in [0.5, 0.6) is 0 Å². The Kier molecular flexibility index (Phi) is 5.35. The van der Waals surface area contributed by atoms with Gasteiger partial charge in [-0.1, -0.05) is 31.1 Å². The molecule has 0 unspecified atom stereocenters. The number of aromatic nitrogens is 1. The normalized spacial score (nSPS) is 15.2. The Hall–Kier alpha value is -2.70. The minimum absolute atomic E-state index is 0.0593. The number of amides is 2. The Labute approximate surface area is 151 Å². The second kappa shape index (κ2) is 7.68. The van der Waals surface area contributed by atoms with Crippen molar-refractivity contribution < 1.29 is 18.5 Å². The maximum absolute atomic E-state index is 13.9. The lowest BCUT2D eigenvalue weighted by Crippen LogP contribution is -2.37. The molecular weight excluding hydrogens is 337 g/mol. The van der Waals surface area contributed by atoms with Gasteiger partial charge < -0.3 is 14.3 Å². The Bertz CT molecular complexity index is 803. The zero-order valence-corrected chi connectivity index (χ0v) is 14.9. The van der Waals surface area contributed by atoms with E-state index in [1.807, 2.05) is 13.8 Å². The molecule has 0 aliphatic carbocycles. The predicted molar refractivity (Wildman–Crippen MR) is 93.4 cm³/mol. The molecule has 6 nitrogen and oxygen atoms in total. The molecule has 26 heavy (non-hydrogen) atoms. The van der Waals surface area contributed by atoms with Gasteiger partial charge in [0.1, 0.15) is 5.82 Å². The van der Waals surface area contributed by atoms with E-state index < -0.39 is 5.82 Å². The van der Waals surface area contributed by atoms with Crippen LogP contribution in [0.2, 0.25) is 0 Å². The van der Waals surface area contributed by atoms with Crippen molar-refractivity contribution in [3.05, 3.63) is 53.2 Å². The van der Waals surface area contributed by atoms with Gasteiger partial charge in [0.2, 0.25) is 5.76 Å². The van der Waals surface area contributed by atoms with Crippen LogP contribution in [0.3, 0.4) is 0 Å². The molecule has 0 atom stereocenters. The summed E-state index contributed by atoms with van der Waals surface area (Å²) in [4.78, 5) is 28.4. The third-order valence-electron chi connectivity index (χ3n) is 4.51. The number of hydrogen-bond donors (Lipinski definition) is 0. The summed E-state index contributed by atoms with van der Waals surface area (Å²) in [6, 6.07) is 7.61. The van der Waals surface area contributed by atoms with E-state index in [0.717, 1.165) is 5.69 Å². The summed E-state index contributed by atoms with van der Waals surface area (Å²) in [6.45, 7) is 5.66. The molecule has 3 rings (SSSR count). The molecule has 7 heteroatoms. The number of nitrogens with zero attached hydrogens (tertiary/aromatic N) is 3. The van der Waals surface area contributed by atoms with Crippen LogP contribution in [0.15, 0.2) is 34.9 Å². The lowest BCUT2D eigenvalue weighted by atomic mass is 10.1. The molecule has 138 valence electrons. The van der Waals surface area contributed by atoms with Crippen LogP contribution in [-0.2, 0) is 0 Å². The van der Waals surface area contributed by atoms with Crippen molar-refractivity contribution in [1.29, 1.82) is 0 Å². The molecule has 1 saturated heterocycles. The molecule has 1 fully saturated rings. The van der Waals surface area contributed by atoms with Crippen LogP contribution in [0.25, 0.3) is 0 Å². The van der Waals surface area contributed by atoms with Crippen molar-refractivity contribution >= 4 is 11.8 Å². The second-order valence-corrected chi connectivity index (χ2v) is 6.69. The number of halogens is 1. The van der Waals surface area contributed by atoms with Crippen molar-refractivity contribution in [1.82, 2.24) is 15.0 Å². The molecule has 1 aliphatic rings. The van der Waals surface area contributed by atoms with Crippen LogP contribution in [0.1, 0.15) is 52.8 Å². The van der Waals surface area contributed by atoms with E-state index in [9.17, 15) is 14.0 Å². The highest BCUT2D eigenvalue weighted by molar-refractivity contribution is 5.95. The summed E-state index contributed by atoms with van der Waals surface area (Å²) >= 11 is 0. The molecule has 0 spiro atoms.